The molecule has 124 valence electrons. The van der Waals surface area contributed by atoms with E-state index in [9.17, 15) is 14.7 Å². The van der Waals surface area contributed by atoms with Crippen LogP contribution in [0.15, 0.2) is 0 Å². The van der Waals surface area contributed by atoms with Gasteiger partial charge in [-0.05, 0) is 44.6 Å². The van der Waals surface area contributed by atoms with E-state index >= 15 is 0 Å². The van der Waals surface area contributed by atoms with Crippen LogP contribution in [-0.4, -0.2) is 65.7 Å². The number of amides is 2. The average Bonchev–Trinajstić information content (AvgIpc) is 3.08. The fourth-order valence-electron chi connectivity index (χ4n) is 4.43. The molecule has 6 heteroatoms. The highest BCUT2D eigenvalue weighted by Crippen LogP contribution is 2.42. The Bertz CT molecular complexity index is 440. The second-order valence-electron chi connectivity index (χ2n) is 7.39. The van der Waals surface area contributed by atoms with Gasteiger partial charge in [-0.25, -0.2) is 4.79 Å². The minimum atomic E-state index is -0.721. The summed E-state index contributed by atoms with van der Waals surface area (Å²) < 4.78 is 0. The lowest BCUT2D eigenvalue weighted by molar-refractivity contribution is -0.141. The third kappa shape index (κ3) is 3.07. The van der Waals surface area contributed by atoms with Crippen LogP contribution in [-0.2, 0) is 4.79 Å². The van der Waals surface area contributed by atoms with Gasteiger partial charge in [-0.15, -0.1) is 0 Å². The molecule has 22 heavy (non-hydrogen) atoms. The number of carbonyl (C=O) groups excluding carboxylic acids is 1. The summed E-state index contributed by atoms with van der Waals surface area (Å²) in [5, 5.41) is 12.4. The van der Waals surface area contributed by atoms with Crippen molar-refractivity contribution in [3.05, 3.63) is 0 Å². The van der Waals surface area contributed by atoms with Gasteiger partial charge in [0.15, 0.2) is 0 Å². The highest BCUT2D eigenvalue weighted by atomic mass is 16.4. The molecule has 0 aromatic rings. The number of hydrogen-bond acceptors (Lipinski definition) is 3. The SMILES string of the molecule is CN1CC2(CCN(C(=O)NC3CCCC3)CC2)CC1C(=O)O. The molecule has 0 aromatic carbocycles. The van der Waals surface area contributed by atoms with Crippen molar-refractivity contribution in [2.45, 2.75) is 57.0 Å². The van der Waals surface area contributed by atoms with Crippen LogP contribution in [0.3, 0.4) is 0 Å². The minimum absolute atomic E-state index is 0.0721. The number of carbonyl (C=O) groups is 2. The maximum Gasteiger partial charge on any atom is 0.320 e. The minimum Gasteiger partial charge on any atom is -0.480 e. The van der Waals surface area contributed by atoms with Crippen LogP contribution in [0.5, 0.6) is 0 Å². The Balaban J connectivity index is 1.52. The molecule has 1 atom stereocenters. The van der Waals surface area contributed by atoms with Gasteiger partial charge in [0, 0.05) is 25.7 Å². The fourth-order valence-corrected chi connectivity index (χ4v) is 4.43. The van der Waals surface area contributed by atoms with Gasteiger partial charge in [-0.3, -0.25) is 9.69 Å². The molecule has 3 aliphatic rings. The number of likely N-dealkylation sites (N-methyl/N-ethyl adjacent to an activating group) is 1. The Labute approximate surface area is 131 Å². The van der Waals surface area contributed by atoms with Crippen molar-refractivity contribution in [2.75, 3.05) is 26.7 Å². The Morgan fingerprint density at radius 1 is 1.18 bits per heavy atom. The van der Waals surface area contributed by atoms with Crippen LogP contribution in [0.1, 0.15) is 44.9 Å². The number of nitrogens with zero attached hydrogens (tertiary/aromatic N) is 2. The number of hydrogen-bond donors (Lipinski definition) is 2. The summed E-state index contributed by atoms with van der Waals surface area (Å²) in [7, 11) is 1.90. The smallest absolute Gasteiger partial charge is 0.320 e. The predicted molar refractivity (Wildman–Crippen MR) is 82.7 cm³/mol. The molecule has 1 spiro atoms. The number of nitrogens with one attached hydrogen (secondary N) is 1. The van der Waals surface area contributed by atoms with Crippen molar-refractivity contribution in [3.8, 4) is 0 Å². The van der Waals surface area contributed by atoms with Crippen LogP contribution in [0.25, 0.3) is 0 Å². The average molecular weight is 309 g/mol. The highest BCUT2D eigenvalue weighted by molar-refractivity contribution is 5.75. The maximum absolute atomic E-state index is 12.3. The Kier molecular flexibility index (Phi) is 4.30. The van der Waals surface area contributed by atoms with E-state index in [4.69, 9.17) is 0 Å². The summed E-state index contributed by atoms with van der Waals surface area (Å²) in [4.78, 5) is 27.5. The van der Waals surface area contributed by atoms with Gasteiger partial charge in [-0.1, -0.05) is 12.8 Å². The van der Waals surface area contributed by atoms with Crippen molar-refractivity contribution in [3.63, 3.8) is 0 Å². The van der Waals surface area contributed by atoms with Gasteiger partial charge in [-0.2, -0.15) is 0 Å². The molecule has 0 radical (unpaired) electrons. The number of carboxylic acid groups (broad SMARTS) is 1. The molecule has 1 aliphatic carbocycles. The summed E-state index contributed by atoms with van der Waals surface area (Å²) in [5.74, 6) is -0.721. The fraction of sp³-hybridized carbons (Fsp3) is 0.875. The van der Waals surface area contributed by atoms with Crippen LogP contribution in [0, 0.1) is 5.41 Å². The van der Waals surface area contributed by atoms with E-state index in [0.29, 0.717) is 6.04 Å². The lowest BCUT2D eigenvalue weighted by Gasteiger charge is -2.39. The van der Waals surface area contributed by atoms with Crippen LogP contribution < -0.4 is 5.32 Å². The van der Waals surface area contributed by atoms with Crippen molar-refractivity contribution >= 4 is 12.0 Å². The van der Waals surface area contributed by atoms with Gasteiger partial charge >= 0.3 is 12.0 Å². The normalized spacial score (nSPS) is 29.1. The number of rotatable bonds is 2. The molecular formula is C16H27N3O3. The van der Waals surface area contributed by atoms with E-state index in [0.717, 1.165) is 51.7 Å². The molecule has 3 fully saturated rings. The van der Waals surface area contributed by atoms with E-state index in [2.05, 4.69) is 5.32 Å². The van der Waals surface area contributed by atoms with E-state index in [1.165, 1.54) is 12.8 Å². The largest absolute Gasteiger partial charge is 0.480 e. The van der Waals surface area contributed by atoms with Gasteiger partial charge in [0.1, 0.15) is 6.04 Å². The number of urea groups is 1. The Morgan fingerprint density at radius 2 is 1.82 bits per heavy atom. The summed E-state index contributed by atoms with van der Waals surface area (Å²) in [6.07, 6.45) is 7.20. The number of carboxylic acids is 1. The Morgan fingerprint density at radius 3 is 2.36 bits per heavy atom. The molecule has 0 aromatic heterocycles. The van der Waals surface area contributed by atoms with Crippen LogP contribution >= 0.6 is 0 Å². The lowest BCUT2D eigenvalue weighted by Crippen LogP contribution is -2.49. The van der Waals surface area contributed by atoms with Crippen LogP contribution in [0.4, 0.5) is 4.79 Å². The number of aliphatic carboxylic acids is 1. The zero-order valence-electron chi connectivity index (χ0n) is 13.4. The Hall–Kier alpha value is -1.30. The lowest BCUT2D eigenvalue weighted by atomic mass is 9.76. The molecule has 2 saturated heterocycles. The van der Waals surface area contributed by atoms with Crippen molar-refractivity contribution in [1.82, 2.24) is 15.1 Å². The molecule has 0 bridgehead atoms. The summed E-state index contributed by atoms with van der Waals surface area (Å²) in [6, 6.07) is 0.0687. The first kappa shape index (κ1) is 15.6. The topological polar surface area (TPSA) is 72.9 Å². The van der Waals surface area contributed by atoms with E-state index in [1.807, 2.05) is 16.8 Å². The molecule has 1 saturated carbocycles. The first-order valence-electron chi connectivity index (χ1n) is 8.48. The second-order valence-corrected chi connectivity index (χ2v) is 7.39. The highest BCUT2D eigenvalue weighted by Gasteiger charge is 2.47. The zero-order valence-corrected chi connectivity index (χ0v) is 13.4. The molecular weight excluding hydrogens is 282 g/mol. The molecule has 6 nitrogen and oxygen atoms in total. The number of piperidine rings is 1. The first-order valence-corrected chi connectivity index (χ1v) is 8.48. The molecule has 1 unspecified atom stereocenters. The number of likely N-dealkylation sites (tertiary alicyclic amines) is 2. The van der Waals surface area contributed by atoms with Gasteiger partial charge in [0.05, 0.1) is 0 Å². The third-order valence-electron chi connectivity index (χ3n) is 5.82. The van der Waals surface area contributed by atoms with E-state index in [1.54, 1.807) is 0 Å². The standard InChI is InChI=1S/C16H27N3O3/c1-18-11-16(10-13(18)14(20)21)6-8-19(9-7-16)15(22)17-12-4-2-3-5-12/h12-13H,2-11H2,1H3,(H,17,22)(H,20,21). The molecule has 3 rings (SSSR count). The first-order chi connectivity index (χ1) is 10.5. The van der Waals surface area contributed by atoms with Gasteiger partial charge in [0.2, 0.25) is 0 Å². The van der Waals surface area contributed by atoms with E-state index < -0.39 is 5.97 Å². The molecule has 2 heterocycles. The monoisotopic (exact) mass is 309 g/mol. The van der Waals surface area contributed by atoms with Gasteiger partial charge < -0.3 is 15.3 Å². The summed E-state index contributed by atoms with van der Waals surface area (Å²) in [5.41, 5.74) is 0.0853. The van der Waals surface area contributed by atoms with Crippen molar-refractivity contribution in [2.24, 2.45) is 5.41 Å². The predicted octanol–water partition coefficient (Wildman–Crippen LogP) is 1.51. The van der Waals surface area contributed by atoms with Gasteiger partial charge in [0.25, 0.3) is 0 Å². The van der Waals surface area contributed by atoms with Crippen molar-refractivity contribution < 1.29 is 14.7 Å². The summed E-state index contributed by atoms with van der Waals surface area (Å²) in [6.45, 7) is 2.33. The molecule has 2 aliphatic heterocycles. The van der Waals surface area contributed by atoms with E-state index in [-0.39, 0.29) is 17.5 Å². The second kappa shape index (κ2) is 6.07. The van der Waals surface area contributed by atoms with Crippen molar-refractivity contribution in [1.29, 1.82) is 0 Å². The molecule has 2 amide bonds. The quantitative estimate of drug-likeness (QED) is 0.811. The maximum atomic E-state index is 12.3. The zero-order chi connectivity index (χ0) is 15.7. The van der Waals surface area contributed by atoms with Crippen LogP contribution in [0.2, 0.25) is 0 Å². The summed E-state index contributed by atoms with van der Waals surface area (Å²) >= 11 is 0. The third-order valence-corrected chi connectivity index (χ3v) is 5.82. The molecule has 2 N–H and O–H groups in total.